The average Bonchev–Trinajstić information content (AvgIpc) is 2.60. The highest BCUT2D eigenvalue weighted by molar-refractivity contribution is 7.92. The molecule has 0 aliphatic rings. The molecule has 154 valence electrons. The van der Waals surface area contributed by atoms with Gasteiger partial charge in [-0.15, -0.1) is 0 Å². The summed E-state index contributed by atoms with van der Waals surface area (Å²) in [6.07, 6.45) is -3.77. The van der Waals surface area contributed by atoms with Crippen LogP contribution in [0.2, 0.25) is 5.02 Å². The molecule has 0 radical (unpaired) electrons. The van der Waals surface area contributed by atoms with Crippen molar-refractivity contribution in [1.29, 1.82) is 5.26 Å². The summed E-state index contributed by atoms with van der Waals surface area (Å²) in [7, 11) is -4.12. The highest BCUT2D eigenvalue weighted by atomic mass is 35.5. The number of nitrogens with zero attached hydrogens (tertiary/aromatic N) is 2. The zero-order chi connectivity index (χ0) is 21.8. The summed E-state index contributed by atoms with van der Waals surface area (Å²) >= 11 is 5.91. The Balaban J connectivity index is 2.28. The number of benzene rings is 2. The van der Waals surface area contributed by atoms with Crippen LogP contribution < -0.4 is 9.62 Å². The number of nitriles is 1. The topological polar surface area (TPSA) is 90.3 Å². The highest BCUT2D eigenvalue weighted by Gasteiger charge is 2.33. The predicted molar refractivity (Wildman–Crippen MR) is 103 cm³/mol. The number of hydrogen-bond acceptors (Lipinski definition) is 4. The molecule has 2 aromatic rings. The van der Waals surface area contributed by atoms with Crippen molar-refractivity contribution >= 4 is 38.9 Å². The second-order valence-corrected chi connectivity index (χ2v) is 8.33. The van der Waals surface area contributed by atoms with Crippen LogP contribution in [0.3, 0.4) is 0 Å². The summed E-state index contributed by atoms with van der Waals surface area (Å²) < 4.78 is 63.7. The number of sulfonamides is 1. The van der Waals surface area contributed by atoms with Crippen molar-refractivity contribution in [3.05, 3.63) is 58.6 Å². The van der Waals surface area contributed by atoms with Crippen LogP contribution in [0.15, 0.2) is 42.5 Å². The third-order valence-corrected chi connectivity index (χ3v) is 5.20. The van der Waals surface area contributed by atoms with E-state index in [0.717, 1.165) is 24.0 Å². The van der Waals surface area contributed by atoms with Gasteiger partial charge in [0.1, 0.15) is 6.54 Å². The van der Waals surface area contributed by atoms with Gasteiger partial charge in [0.25, 0.3) is 0 Å². The fraction of sp³-hybridized carbons (Fsp3) is 0.222. The molecular weight excluding hydrogens is 431 g/mol. The minimum absolute atomic E-state index is 0.185. The molecule has 1 N–H and O–H groups in total. The Morgan fingerprint density at radius 2 is 1.83 bits per heavy atom. The fourth-order valence-corrected chi connectivity index (χ4v) is 3.52. The van der Waals surface area contributed by atoms with Gasteiger partial charge in [0, 0.05) is 5.69 Å². The van der Waals surface area contributed by atoms with Gasteiger partial charge in [-0.2, -0.15) is 18.4 Å². The molecule has 0 spiro atoms. The third-order valence-electron chi connectivity index (χ3n) is 3.75. The molecule has 0 bridgehead atoms. The lowest BCUT2D eigenvalue weighted by molar-refractivity contribution is -0.137. The molecule has 2 aromatic carbocycles. The number of anilines is 2. The van der Waals surface area contributed by atoms with Crippen LogP contribution in [0.1, 0.15) is 11.1 Å². The molecule has 0 aromatic heterocycles. The lowest BCUT2D eigenvalue weighted by Gasteiger charge is -2.24. The molecule has 2 rings (SSSR count). The monoisotopic (exact) mass is 445 g/mol. The largest absolute Gasteiger partial charge is 0.416 e. The molecule has 1 amide bonds. The van der Waals surface area contributed by atoms with Crippen LogP contribution in [0.5, 0.6) is 0 Å². The van der Waals surface area contributed by atoms with E-state index in [1.807, 2.05) is 6.07 Å². The molecule has 0 saturated heterocycles. The Kier molecular flexibility index (Phi) is 6.77. The van der Waals surface area contributed by atoms with Crippen LogP contribution in [0.4, 0.5) is 24.5 Å². The molecule has 0 aliphatic heterocycles. The van der Waals surface area contributed by atoms with E-state index < -0.39 is 39.9 Å². The Bertz CT molecular complexity index is 1050. The maximum atomic E-state index is 13.0. The van der Waals surface area contributed by atoms with E-state index >= 15 is 0 Å². The van der Waals surface area contributed by atoms with Gasteiger partial charge >= 0.3 is 6.18 Å². The van der Waals surface area contributed by atoms with E-state index in [4.69, 9.17) is 16.9 Å². The molecule has 29 heavy (non-hydrogen) atoms. The standard InChI is InChI=1S/C18H15ClF3N3O3S/c1-29(27,28)25(16-10-13(18(20,21)22)4-7-15(16)19)11-17(26)24-14-5-2-12(3-6-14)8-9-23/h2-7,10H,8,11H2,1H3,(H,24,26). The fourth-order valence-electron chi connectivity index (χ4n) is 2.39. The number of carbonyl (C=O) groups is 1. The van der Waals surface area contributed by atoms with Crippen LogP contribution in [0.25, 0.3) is 0 Å². The Morgan fingerprint density at radius 3 is 2.34 bits per heavy atom. The Labute approximate surface area is 170 Å². The van der Waals surface area contributed by atoms with Crippen LogP contribution in [-0.4, -0.2) is 27.1 Å². The average molecular weight is 446 g/mol. The van der Waals surface area contributed by atoms with Crippen molar-refractivity contribution in [3.63, 3.8) is 0 Å². The number of hydrogen-bond donors (Lipinski definition) is 1. The van der Waals surface area contributed by atoms with Crippen molar-refractivity contribution < 1.29 is 26.4 Å². The van der Waals surface area contributed by atoms with Gasteiger partial charge in [-0.3, -0.25) is 9.10 Å². The second-order valence-electron chi connectivity index (χ2n) is 6.01. The minimum atomic E-state index is -4.71. The molecule has 0 unspecified atom stereocenters. The first-order chi connectivity index (χ1) is 13.4. The molecule has 6 nitrogen and oxygen atoms in total. The number of halogens is 4. The van der Waals surface area contributed by atoms with Gasteiger partial charge in [0.05, 0.1) is 35.0 Å². The van der Waals surface area contributed by atoms with E-state index in [1.165, 1.54) is 12.1 Å². The van der Waals surface area contributed by atoms with E-state index in [1.54, 1.807) is 12.1 Å². The van der Waals surface area contributed by atoms with E-state index in [2.05, 4.69) is 5.32 Å². The lowest BCUT2D eigenvalue weighted by atomic mass is 10.1. The zero-order valence-corrected chi connectivity index (χ0v) is 16.6. The first-order valence-electron chi connectivity index (χ1n) is 8.02. The summed E-state index contributed by atoms with van der Waals surface area (Å²) in [6, 6.07) is 10.4. The third kappa shape index (κ3) is 6.10. The number of alkyl halides is 3. The van der Waals surface area contributed by atoms with Gasteiger partial charge in [-0.1, -0.05) is 23.7 Å². The smallest absolute Gasteiger partial charge is 0.325 e. The minimum Gasteiger partial charge on any atom is -0.325 e. The van der Waals surface area contributed by atoms with Gasteiger partial charge in [0.2, 0.25) is 15.9 Å². The zero-order valence-electron chi connectivity index (χ0n) is 15.0. The molecular formula is C18H15ClF3N3O3S. The van der Waals surface area contributed by atoms with Crippen molar-refractivity contribution in [2.45, 2.75) is 12.6 Å². The van der Waals surface area contributed by atoms with E-state index in [0.29, 0.717) is 16.1 Å². The summed E-state index contributed by atoms with van der Waals surface area (Å²) in [5, 5.41) is 10.8. The highest BCUT2D eigenvalue weighted by Crippen LogP contribution is 2.36. The second kappa shape index (κ2) is 8.71. The first kappa shape index (κ1) is 22.5. The SMILES string of the molecule is CS(=O)(=O)N(CC(=O)Nc1ccc(CC#N)cc1)c1cc(C(F)(F)F)ccc1Cl. The van der Waals surface area contributed by atoms with Crippen molar-refractivity contribution in [2.75, 3.05) is 22.4 Å². The van der Waals surface area contributed by atoms with Crippen molar-refractivity contribution in [3.8, 4) is 6.07 Å². The summed E-state index contributed by atoms with van der Waals surface area (Å²) in [5.41, 5.74) is -0.498. The van der Waals surface area contributed by atoms with Crippen molar-refractivity contribution in [2.24, 2.45) is 0 Å². The lowest BCUT2D eigenvalue weighted by Crippen LogP contribution is -2.37. The normalized spacial score (nSPS) is 11.6. The molecule has 0 heterocycles. The number of carbonyl (C=O) groups excluding carboxylic acids is 1. The van der Waals surface area contributed by atoms with Crippen LogP contribution in [-0.2, 0) is 27.4 Å². The molecule has 0 saturated carbocycles. The van der Waals surface area contributed by atoms with Gasteiger partial charge in [0.15, 0.2) is 0 Å². The Morgan fingerprint density at radius 1 is 1.21 bits per heavy atom. The van der Waals surface area contributed by atoms with Gasteiger partial charge in [-0.25, -0.2) is 8.42 Å². The van der Waals surface area contributed by atoms with Crippen LogP contribution in [0, 0.1) is 11.3 Å². The molecule has 0 aliphatic carbocycles. The van der Waals surface area contributed by atoms with Gasteiger partial charge < -0.3 is 5.32 Å². The number of nitrogens with one attached hydrogen (secondary N) is 1. The van der Waals surface area contributed by atoms with Gasteiger partial charge in [-0.05, 0) is 35.9 Å². The van der Waals surface area contributed by atoms with Crippen molar-refractivity contribution in [1.82, 2.24) is 0 Å². The predicted octanol–water partition coefficient (Wildman–Crippen LogP) is 3.83. The molecule has 0 fully saturated rings. The molecule has 0 atom stereocenters. The summed E-state index contributed by atoms with van der Waals surface area (Å²) in [5.74, 6) is -0.781. The molecule has 11 heteroatoms. The maximum Gasteiger partial charge on any atom is 0.416 e. The number of amides is 1. The maximum absolute atomic E-state index is 13.0. The number of rotatable bonds is 6. The van der Waals surface area contributed by atoms with E-state index in [9.17, 15) is 26.4 Å². The Hall–Kier alpha value is -2.77. The first-order valence-corrected chi connectivity index (χ1v) is 10.2. The summed E-state index contributed by atoms with van der Waals surface area (Å²) in [4.78, 5) is 12.3. The van der Waals surface area contributed by atoms with E-state index in [-0.39, 0.29) is 11.4 Å². The summed E-state index contributed by atoms with van der Waals surface area (Å²) in [6.45, 7) is -0.778. The quantitative estimate of drug-likeness (QED) is 0.731. The van der Waals surface area contributed by atoms with Crippen LogP contribution >= 0.6 is 11.6 Å².